The van der Waals surface area contributed by atoms with Gasteiger partial charge in [-0.05, 0) is 51.6 Å². The Bertz CT molecular complexity index is 566. The van der Waals surface area contributed by atoms with Crippen molar-refractivity contribution in [3.8, 4) is 0 Å². The van der Waals surface area contributed by atoms with E-state index in [9.17, 15) is 0 Å². The van der Waals surface area contributed by atoms with E-state index in [0.717, 1.165) is 0 Å². The van der Waals surface area contributed by atoms with Gasteiger partial charge in [0.15, 0.2) is 0 Å². The molecule has 0 bridgehead atoms. The molecule has 0 saturated heterocycles. The van der Waals surface area contributed by atoms with E-state index in [-0.39, 0.29) is 0 Å². The van der Waals surface area contributed by atoms with Gasteiger partial charge in [-0.2, -0.15) is 0 Å². The van der Waals surface area contributed by atoms with E-state index in [1.165, 1.54) is 32.5 Å². The molecule has 0 amide bonds. The second-order valence-corrected chi connectivity index (χ2v) is 9.36. The molecule has 104 valence electrons. The Hall–Kier alpha value is -0.510. The molecule has 0 saturated carbocycles. The van der Waals surface area contributed by atoms with Gasteiger partial charge in [-0.1, -0.05) is 18.2 Å². The predicted molar refractivity (Wildman–Crippen MR) is 91.3 cm³/mol. The van der Waals surface area contributed by atoms with Crippen LogP contribution in [0.4, 0.5) is 0 Å². The molecule has 0 aliphatic heterocycles. The van der Waals surface area contributed by atoms with Crippen LogP contribution in [0, 0.1) is 6.92 Å². The molecule has 1 atom stereocenters. The van der Waals surface area contributed by atoms with Crippen molar-refractivity contribution < 1.29 is 0 Å². The van der Waals surface area contributed by atoms with E-state index in [1.807, 2.05) is 11.3 Å². The summed E-state index contributed by atoms with van der Waals surface area (Å²) in [6.07, 6.45) is 0. The first kappa shape index (κ1) is 14.9. The van der Waals surface area contributed by atoms with Crippen LogP contribution in [0.1, 0.15) is 44.2 Å². The zero-order valence-corrected chi connectivity index (χ0v) is 14.4. The molecule has 0 spiro atoms. The lowest BCUT2D eigenvalue weighted by atomic mass is 10.1. The zero-order valence-electron chi connectivity index (χ0n) is 12.7. The number of fused-ring (bicyclic) bond motifs is 1. The lowest BCUT2D eigenvalue weighted by Crippen LogP contribution is -2.31. The van der Waals surface area contributed by atoms with Crippen LogP contribution >= 0.6 is 11.3 Å². The quantitative estimate of drug-likeness (QED) is 0.584. The second-order valence-electron chi connectivity index (χ2n) is 6.11. The summed E-state index contributed by atoms with van der Waals surface area (Å²) < 4.78 is 4.16. The van der Waals surface area contributed by atoms with Gasteiger partial charge in [0.05, 0.1) is 18.0 Å². The van der Waals surface area contributed by atoms with Crippen LogP contribution in [0.15, 0.2) is 24.3 Å². The van der Waals surface area contributed by atoms with E-state index in [2.05, 4.69) is 70.2 Å². The van der Waals surface area contributed by atoms with E-state index in [1.54, 1.807) is 0 Å². The Kier molecular flexibility index (Phi) is 4.29. The fourth-order valence-corrected chi connectivity index (χ4v) is 4.94. The molecule has 0 aliphatic rings. The highest BCUT2D eigenvalue weighted by molar-refractivity contribution is 7.77. The van der Waals surface area contributed by atoms with Crippen LogP contribution in [0.2, 0.25) is 0 Å². The Balaban J connectivity index is 2.31. The summed E-state index contributed by atoms with van der Waals surface area (Å²) in [7, 11) is 2.22. The van der Waals surface area contributed by atoms with Gasteiger partial charge in [-0.15, -0.1) is 15.6 Å². The number of benzene rings is 1. The van der Waals surface area contributed by atoms with Gasteiger partial charge >= 0.3 is 0 Å². The monoisotopic (exact) mass is 294 g/mol. The average Bonchev–Trinajstić information content (AvgIpc) is 2.64. The molecule has 0 fully saturated rings. The van der Waals surface area contributed by atoms with Crippen molar-refractivity contribution in [3.05, 3.63) is 34.7 Å². The minimum absolute atomic E-state index is 0.313. The molecule has 19 heavy (non-hydrogen) atoms. The molecule has 1 aromatic carbocycles. The lowest BCUT2D eigenvalue weighted by Gasteiger charge is -2.22. The van der Waals surface area contributed by atoms with Gasteiger partial charge in [-0.3, -0.25) is 0 Å². The summed E-state index contributed by atoms with van der Waals surface area (Å²) in [5.74, 6) is 0. The van der Waals surface area contributed by atoms with Crippen molar-refractivity contribution >= 4 is 33.4 Å². The fourth-order valence-electron chi connectivity index (χ4n) is 2.32. The van der Waals surface area contributed by atoms with Crippen LogP contribution < -0.4 is 0 Å². The molecule has 2 rings (SSSR count). The van der Waals surface area contributed by atoms with E-state index >= 15 is 0 Å². The molecule has 1 aromatic heterocycles. The van der Waals surface area contributed by atoms with Gasteiger partial charge in [0.2, 0.25) is 0 Å². The minimum Gasteiger partial charge on any atom is -0.138 e. The van der Waals surface area contributed by atoms with Crippen molar-refractivity contribution in [2.45, 2.75) is 45.4 Å². The van der Waals surface area contributed by atoms with Gasteiger partial charge < -0.3 is 0 Å². The first-order valence-electron chi connectivity index (χ1n) is 6.73. The summed E-state index contributed by atoms with van der Waals surface area (Å²) in [6, 6.07) is 9.19. The first-order valence-corrected chi connectivity index (χ1v) is 8.39. The molecular formula is C16H24NS2+. The van der Waals surface area contributed by atoms with Gasteiger partial charge in [-0.25, -0.2) is 0 Å². The Morgan fingerprint density at radius 1 is 1.21 bits per heavy atom. The van der Waals surface area contributed by atoms with Gasteiger partial charge in [0, 0.05) is 16.6 Å². The number of thiol groups is 1. The summed E-state index contributed by atoms with van der Waals surface area (Å²) in [5, 5.41) is 1.41. The topological polar surface area (TPSA) is 3.24 Å². The molecule has 0 N–H and O–H groups in total. The average molecular weight is 295 g/mol. The predicted octanol–water partition coefficient (Wildman–Crippen LogP) is 4.73. The number of rotatable bonds is 3. The van der Waals surface area contributed by atoms with Crippen molar-refractivity contribution in [1.82, 2.24) is 4.31 Å². The molecule has 0 radical (unpaired) electrons. The van der Waals surface area contributed by atoms with Crippen LogP contribution in [0.3, 0.4) is 0 Å². The third-order valence-corrected chi connectivity index (χ3v) is 5.98. The maximum absolute atomic E-state index is 2.44. The summed E-state index contributed by atoms with van der Waals surface area (Å²) in [5.41, 5.74) is 1.45. The fraction of sp³-hybridized carbons (Fsp3) is 0.500. The molecule has 1 heterocycles. The highest BCUT2D eigenvalue weighted by Gasteiger charge is 2.29. The summed E-state index contributed by atoms with van der Waals surface area (Å²) >= 11 is 3.32. The standard InChI is InChI=1S/C16H23NS2/c1-11-13-9-7-8-10-14(13)18-15(11)12(2)17(6)19-16(3,4)5/h7-10,12H,1-6H3/p+1/t12-/m1/s1. The first-order chi connectivity index (χ1) is 8.79. The van der Waals surface area contributed by atoms with Crippen LogP contribution in [0.25, 0.3) is 10.1 Å². The number of thiophene rings is 1. The molecular weight excluding hydrogens is 270 g/mol. The number of nitrogens with zero attached hydrogens (tertiary/aromatic N) is 1. The van der Waals surface area contributed by atoms with Gasteiger partial charge in [0.25, 0.3) is 0 Å². The molecule has 0 unspecified atom stereocenters. The highest BCUT2D eigenvalue weighted by Crippen LogP contribution is 2.37. The maximum Gasteiger partial charge on any atom is 0.136 e. The van der Waals surface area contributed by atoms with Crippen molar-refractivity contribution in [3.63, 3.8) is 0 Å². The third-order valence-electron chi connectivity index (χ3n) is 3.28. The Morgan fingerprint density at radius 2 is 1.84 bits per heavy atom. The van der Waals surface area contributed by atoms with Crippen LogP contribution in [-0.4, -0.2) is 16.1 Å². The van der Waals surface area contributed by atoms with E-state index < -0.39 is 0 Å². The van der Waals surface area contributed by atoms with Crippen molar-refractivity contribution in [2.24, 2.45) is 0 Å². The number of hydrogen-bond donors (Lipinski definition) is 0. The number of aryl methyl sites for hydroxylation is 1. The largest absolute Gasteiger partial charge is 0.138 e. The summed E-state index contributed by atoms with van der Waals surface area (Å²) in [4.78, 5) is 1.50. The molecule has 0 aliphatic carbocycles. The minimum atomic E-state index is 0.313. The lowest BCUT2D eigenvalue weighted by molar-refractivity contribution is 0.447. The third kappa shape index (κ3) is 3.33. The molecule has 2 aromatic rings. The van der Waals surface area contributed by atoms with Crippen molar-refractivity contribution in [1.29, 1.82) is 0 Å². The molecule has 1 nitrogen and oxygen atoms in total. The Labute approximate surface area is 125 Å². The Morgan fingerprint density at radius 3 is 2.42 bits per heavy atom. The van der Waals surface area contributed by atoms with Crippen LogP contribution in [-0.2, 0) is 11.9 Å². The number of hydrogen-bond acceptors (Lipinski definition) is 2. The van der Waals surface area contributed by atoms with Gasteiger partial charge in [0.1, 0.15) is 4.75 Å². The highest BCUT2D eigenvalue weighted by atomic mass is 32.2. The van der Waals surface area contributed by atoms with E-state index in [0.29, 0.717) is 10.8 Å². The smallest absolute Gasteiger partial charge is 0.136 e. The normalized spacial score (nSPS) is 14.3. The zero-order chi connectivity index (χ0) is 14.2. The SMILES string of the molecule is Cc1c([C@@H](C)N(C)[SH+]C(C)(C)C)sc2ccccc12. The van der Waals surface area contributed by atoms with Crippen molar-refractivity contribution in [2.75, 3.05) is 7.05 Å². The van der Waals surface area contributed by atoms with Crippen LogP contribution in [0.5, 0.6) is 0 Å². The molecule has 3 heteroatoms. The second kappa shape index (κ2) is 5.47. The summed E-state index contributed by atoms with van der Waals surface area (Å²) in [6.45, 7) is 11.4. The van der Waals surface area contributed by atoms with E-state index in [4.69, 9.17) is 0 Å². The maximum atomic E-state index is 2.44.